The average molecular weight is 641 g/mol. The molecule has 9 heteroatoms. The maximum atomic E-state index is 13.4. The molecule has 0 fully saturated rings. The van der Waals surface area contributed by atoms with Crippen LogP contribution in [0.1, 0.15) is 57.5 Å². The third-order valence-corrected chi connectivity index (χ3v) is 7.98. The van der Waals surface area contributed by atoms with Crippen LogP contribution in [0.3, 0.4) is 0 Å². The SMILES string of the molecule is C.Cc1cc(C2(c3c[c-]c(O)c(C)c3)OS(=O)(=O)c3c(C)c(C)c(C)c(C)c32)c[c-]c1O.[B].[Y].[Y]. The zero-order valence-corrected chi connectivity index (χ0v) is 26.6. The van der Waals surface area contributed by atoms with Crippen molar-refractivity contribution in [3.8, 4) is 11.5 Å². The minimum Gasteiger partial charge on any atom is -0.534 e. The van der Waals surface area contributed by atoms with E-state index in [9.17, 15) is 18.6 Å². The molecule has 0 unspecified atom stereocenters. The standard InChI is InChI=1S/C25H24O5S.CH4.B.2Y/c1-13-11-19(7-9-21(13)26)25(20-8-10-22(27)14(2)12-20)23-17(5)15(3)16(4)18(6)24(23)31(28,29)30-25;;;;/h7-8,11-12,26-27H,1-6H3;1H4;;;/q-2;;;;. The molecule has 0 amide bonds. The van der Waals surface area contributed by atoms with Crippen LogP contribution in [0.5, 0.6) is 11.5 Å². The molecule has 0 saturated carbocycles. The van der Waals surface area contributed by atoms with E-state index in [4.69, 9.17) is 4.18 Å². The number of aromatic hydroxyl groups is 2. The Hall–Kier alpha value is -0.557. The van der Waals surface area contributed by atoms with Crippen molar-refractivity contribution in [2.45, 2.75) is 59.5 Å². The van der Waals surface area contributed by atoms with Gasteiger partial charge in [-0.05, 0) is 55.5 Å². The van der Waals surface area contributed by atoms with Gasteiger partial charge in [-0.2, -0.15) is 32.7 Å². The van der Waals surface area contributed by atoms with Crippen molar-refractivity contribution in [2.24, 2.45) is 0 Å². The Balaban J connectivity index is 0.00000289. The van der Waals surface area contributed by atoms with Crippen molar-refractivity contribution in [1.82, 2.24) is 0 Å². The fraction of sp³-hybridized carbons (Fsp3) is 0.308. The van der Waals surface area contributed by atoms with E-state index in [1.54, 1.807) is 45.0 Å². The summed E-state index contributed by atoms with van der Waals surface area (Å²) >= 11 is 0. The second-order valence-corrected chi connectivity index (χ2v) is 9.75. The summed E-state index contributed by atoms with van der Waals surface area (Å²) in [5.74, 6) is -0.0252. The van der Waals surface area contributed by atoms with E-state index >= 15 is 0 Å². The average Bonchev–Trinajstić information content (AvgIpc) is 2.97. The zero-order valence-electron chi connectivity index (χ0n) is 20.1. The molecular weight excluding hydrogens is 613 g/mol. The molecular formula is C26H28BO5SY2-2. The quantitative estimate of drug-likeness (QED) is 0.239. The minimum absolute atomic E-state index is 0. The monoisotopic (exact) mass is 641 g/mol. The second-order valence-electron chi connectivity index (χ2n) is 8.26. The van der Waals surface area contributed by atoms with Gasteiger partial charge in [0.1, 0.15) is 4.90 Å². The summed E-state index contributed by atoms with van der Waals surface area (Å²) in [6.07, 6.45) is 0. The number of phenols is 2. The number of fused-ring (bicyclic) bond motifs is 1. The van der Waals surface area contributed by atoms with E-state index in [0.29, 0.717) is 33.4 Å². The zero-order chi connectivity index (χ0) is 22.9. The maximum absolute atomic E-state index is 13.4. The molecule has 0 saturated heterocycles. The van der Waals surface area contributed by atoms with Crippen LogP contribution in [-0.2, 0) is 85.3 Å². The number of benzene rings is 3. The van der Waals surface area contributed by atoms with Crippen molar-refractivity contribution in [1.29, 1.82) is 0 Å². The number of hydrogen-bond acceptors (Lipinski definition) is 5. The van der Waals surface area contributed by atoms with Gasteiger partial charge in [-0.25, -0.2) is 0 Å². The Labute approximate surface area is 261 Å². The Kier molecular flexibility index (Phi) is 11.7. The number of aryl methyl sites for hydroxylation is 2. The first-order valence-electron chi connectivity index (χ1n) is 9.91. The van der Waals surface area contributed by atoms with Crippen molar-refractivity contribution in [3.63, 3.8) is 0 Å². The van der Waals surface area contributed by atoms with Crippen LogP contribution < -0.4 is 0 Å². The van der Waals surface area contributed by atoms with E-state index in [2.05, 4.69) is 12.1 Å². The Bertz CT molecular complexity index is 1320. The summed E-state index contributed by atoms with van der Waals surface area (Å²) in [5.41, 5.74) is 4.54. The van der Waals surface area contributed by atoms with E-state index in [1.165, 1.54) is 0 Å². The summed E-state index contributed by atoms with van der Waals surface area (Å²) in [6, 6.07) is 12.1. The molecule has 4 rings (SSSR count). The summed E-state index contributed by atoms with van der Waals surface area (Å²) < 4.78 is 32.8. The molecule has 0 bridgehead atoms. The molecule has 2 N–H and O–H groups in total. The number of hydrogen-bond donors (Lipinski definition) is 2. The van der Waals surface area contributed by atoms with E-state index in [-0.39, 0.29) is 97.7 Å². The van der Waals surface area contributed by atoms with Crippen LogP contribution in [0.25, 0.3) is 0 Å². The smallest absolute Gasteiger partial charge is 0.297 e. The molecule has 5 nitrogen and oxygen atoms in total. The summed E-state index contributed by atoms with van der Waals surface area (Å²) in [7, 11) is -4.10. The molecule has 1 aliphatic heterocycles. The second kappa shape index (κ2) is 11.9. The summed E-state index contributed by atoms with van der Waals surface area (Å²) in [4.78, 5) is 0.171. The Morgan fingerprint density at radius 3 is 1.57 bits per heavy atom. The van der Waals surface area contributed by atoms with Crippen LogP contribution in [0.15, 0.2) is 29.2 Å². The van der Waals surface area contributed by atoms with Gasteiger partial charge in [-0.1, -0.05) is 21.3 Å². The van der Waals surface area contributed by atoms with E-state index in [1.807, 2.05) is 20.8 Å². The normalized spacial score (nSPS) is 14.5. The van der Waals surface area contributed by atoms with Gasteiger partial charge in [0, 0.05) is 85.3 Å². The van der Waals surface area contributed by atoms with Crippen molar-refractivity contribution >= 4 is 18.5 Å². The van der Waals surface area contributed by atoms with E-state index < -0.39 is 15.7 Å². The molecule has 1 heterocycles. The van der Waals surface area contributed by atoms with Gasteiger partial charge in [-0.3, -0.25) is 4.18 Å². The van der Waals surface area contributed by atoms with Gasteiger partial charge in [0.15, 0.2) is 0 Å². The van der Waals surface area contributed by atoms with Gasteiger partial charge >= 0.3 is 0 Å². The van der Waals surface area contributed by atoms with Gasteiger partial charge in [-0.15, -0.1) is 34.4 Å². The van der Waals surface area contributed by atoms with Gasteiger partial charge in [0.2, 0.25) is 0 Å². The van der Waals surface area contributed by atoms with Crippen LogP contribution in [0, 0.1) is 53.7 Å². The van der Waals surface area contributed by atoms with Crippen LogP contribution >= 0.6 is 0 Å². The van der Waals surface area contributed by atoms with Crippen LogP contribution in [-0.4, -0.2) is 27.0 Å². The van der Waals surface area contributed by atoms with Gasteiger partial charge < -0.3 is 10.2 Å². The molecule has 0 aliphatic carbocycles. The van der Waals surface area contributed by atoms with Crippen molar-refractivity contribution in [2.75, 3.05) is 0 Å². The molecule has 35 heavy (non-hydrogen) atoms. The van der Waals surface area contributed by atoms with Gasteiger partial charge in [0.25, 0.3) is 10.1 Å². The molecule has 3 aromatic rings. The van der Waals surface area contributed by atoms with E-state index in [0.717, 1.165) is 16.7 Å². The fourth-order valence-corrected chi connectivity index (χ4v) is 6.19. The Morgan fingerprint density at radius 2 is 1.17 bits per heavy atom. The predicted octanol–water partition coefficient (Wildman–Crippen LogP) is 4.81. The third-order valence-electron chi connectivity index (χ3n) is 6.50. The topological polar surface area (TPSA) is 83.8 Å². The molecule has 1 aliphatic rings. The van der Waals surface area contributed by atoms with Crippen molar-refractivity contribution in [3.05, 3.63) is 86.5 Å². The fourth-order valence-electron chi connectivity index (χ4n) is 4.43. The first kappa shape index (κ1) is 34.4. The molecule has 0 atom stereocenters. The van der Waals surface area contributed by atoms with Crippen LogP contribution in [0.4, 0.5) is 0 Å². The van der Waals surface area contributed by atoms with Crippen molar-refractivity contribution < 1.29 is 88.2 Å². The summed E-state index contributed by atoms with van der Waals surface area (Å²) in [6.45, 7) is 11.0. The predicted molar refractivity (Wildman–Crippen MR) is 129 cm³/mol. The van der Waals surface area contributed by atoms with Gasteiger partial charge in [0.05, 0.1) is 5.60 Å². The molecule has 0 spiro atoms. The number of rotatable bonds is 2. The first-order chi connectivity index (χ1) is 14.4. The molecule has 3 aromatic carbocycles. The molecule has 179 valence electrons. The maximum Gasteiger partial charge on any atom is 0.297 e. The van der Waals surface area contributed by atoms with Crippen LogP contribution in [0.2, 0.25) is 0 Å². The summed E-state index contributed by atoms with van der Waals surface area (Å²) in [5, 5.41) is 20.1. The molecule has 5 radical (unpaired) electrons. The largest absolute Gasteiger partial charge is 0.534 e. The third kappa shape index (κ3) is 5.24. The minimum atomic E-state index is -4.10. The molecule has 0 aromatic heterocycles. The Morgan fingerprint density at radius 1 is 0.771 bits per heavy atom. The first-order valence-corrected chi connectivity index (χ1v) is 11.3. The number of phenolic OH excluding ortho intramolecular Hbond substituents is 2.